The summed E-state index contributed by atoms with van der Waals surface area (Å²) in [5.74, 6) is -2.75. The number of alkyl halides is 2. The summed E-state index contributed by atoms with van der Waals surface area (Å²) >= 11 is 1.73. The van der Waals surface area contributed by atoms with Gasteiger partial charge in [-0.3, -0.25) is 15.1 Å². The number of halogens is 2. The molecule has 3 rings (SSSR count). The summed E-state index contributed by atoms with van der Waals surface area (Å²) in [6.07, 6.45) is 3.06. The number of thioether (sulfide) groups is 1. The highest BCUT2D eigenvalue weighted by molar-refractivity contribution is 7.99. The lowest BCUT2D eigenvalue weighted by Gasteiger charge is -1.99. The number of hydrogen-bond donors (Lipinski definition) is 1. The number of nitrogens with zero attached hydrogens (tertiary/aromatic N) is 2. The SMILES string of the molecule is O=C(Nc1nc2ccc(SC(F)F)cc2s1)c1ccncc1. The minimum Gasteiger partial charge on any atom is -0.298 e. The number of rotatable bonds is 4. The van der Waals surface area contributed by atoms with Crippen molar-refractivity contribution in [2.24, 2.45) is 0 Å². The Bertz CT molecular complexity index is 808. The van der Waals surface area contributed by atoms with Crippen molar-refractivity contribution in [1.29, 1.82) is 0 Å². The highest BCUT2D eigenvalue weighted by Crippen LogP contribution is 2.32. The summed E-state index contributed by atoms with van der Waals surface area (Å²) in [4.78, 5) is 20.6. The molecule has 0 atom stereocenters. The molecule has 0 saturated carbocycles. The molecule has 0 spiro atoms. The van der Waals surface area contributed by atoms with E-state index in [1.807, 2.05) is 0 Å². The van der Waals surface area contributed by atoms with Crippen molar-refractivity contribution in [3.63, 3.8) is 0 Å². The van der Waals surface area contributed by atoms with E-state index >= 15 is 0 Å². The smallest absolute Gasteiger partial charge is 0.288 e. The topological polar surface area (TPSA) is 54.9 Å². The number of carbonyl (C=O) groups is 1. The molecule has 1 amide bonds. The van der Waals surface area contributed by atoms with Crippen molar-refractivity contribution in [3.05, 3.63) is 48.3 Å². The van der Waals surface area contributed by atoms with Crippen LogP contribution in [0.25, 0.3) is 10.2 Å². The predicted octanol–water partition coefficient (Wildman–Crippen LogP) is 4.26. The van der Waals surface area contributed by atoms with Gasteiger partial charge in [-0.15, -0.1) is 0 Å². The zero-order valence-corrected chi connectivity index (χ0v) is 12.6. The van der Waals surface area contributed by atoms with Crippen LogP contribution in [0, 0.1) is 0 Å². The summed E-state index contributed by atoms with van der Waals surface area (Å²) < 4.78 is 25.5. The first kappa shape index (κ1) is 14.9. The number of amides is 1. The molecule has 0 aliphatic heterocycles. The van der Waals surface area contributed by atoms with E-state index < -0.39 is 5.76 Å². The zero-order chi connectivity index (χ0) is 15.5. The molecule has 0 bridgehead atoms. The maximum absolute atomic E-state index is 12.4. The van der Waals surface area contributed by atoms with E-state index in [1.165, 1.54) is 23.7 Å². The van der Waals surface area contributed by atoms with E-state index in [0.717, 1.165) is 4.70 Å². The lowest BCUT2D eigenvalue weighted by molar-refractivity contribution is 0.102. The van der Waals surface area contributed by atoms with Crippen LogP contribution in [0.15, 0.2) is 47.6 Å². The van der Waals surface area contributed by atoms with Gasteiger partial charge in [-0.1, -0.05) is 23.1 Å². The molecule has 22 heavy (non-hydrogen) atoms. The standard InChI is InChI=1S/C14H9F2N3OS2/c15-13(16)21-9-1-2-10-11(7-9)22-14(18-10)19-12(20)8-3-5-17-6-4-8/h1-7,13H,(H,18,19,20). The minimum atomic E-state index is -2.46. The number of benzene rings is 1. The third-order valence-electron chi connectivity index (χ3n) is 2.75. The van der Waals surface area contributed by atoms with Crippen molar-refractivity contribution in [2.45, 2.75) is 10.7 Å². The maximum Gasteiger partial charge on any atom is 0.288 e. The van der Waals surface area contributed by atoms with Crippen LogP contribution in [0.3, 0.4) is 0 Å². The van der Waals surface area contributed by atoms with Gasteiger partial charge in [-0.2, -0.15) is 8.78 Å². The van der Waals surface area contributed by atoms with Gasteiger partial charge in [0.15, 0.2) is 5.13 Å². The number of carbonyl (C=O) groups excluding carboxylic acids is 1. The number of thiazole rings is 1. The predicted molar refractivity (Wildman–Crippen MR) is 83.7 cm³/mol. The molecular weight excluding hydrogens is 328 g/mol. The molecule has 2 heterocycles. The van der Waals surface area contributed by atoms with Gasteiger partial charge in [0.1, 0.15) is 0 Å². The summed E-state index contributed by atoms with van der Waals surface area (Å²) in [7, 11) is 0. The Morgan fingerprint density at radius 1 is 1.23 bits per heavy atom. The quantitative estimate of drug-likeness (QED) is 0.723. The fourth-order valence-electron chi connectivity index (χ4n) is 1.81. The van der Waals surface area contributed by atoms with Gasteiger partial charge in [0, 0.05) is 22.9 Å². The van der Waals surface area contributed by atoms with E-state index in [0.29, 0.717) is 32.9 Å². The Balaban J connectivity index is 1.81. The molecule has 112 valence electrons. The van der Waals surface area contributed by atoms with Gasteiger partial charge in [0.05, 0.1) is 10.2 Å². The maximum atomic E-state index is 12.4. The first-order chi connectivity index (χ1) is 10.6. The molecule has 1 aromatic carbocycles. The van der Waals surface area contributed by atoms with Gasteiger partial charge in [-0.05, 0) is 30.3 Å². The Hall–Kier alpha value is -2.06. The molecule has 3 aromatic rings. The number of fused-ring (bicyclic) bond motifs is 1. The third kappa shape index (κ3) is 3.40. The van der Waals surface area contributed by atoms with Crippen LogP contribution in [-0.4, -0.2) is 21.6 Å². The average Bonchev–Trinajstić information content (AvgIpc) is 2.89. The number of anilines is 1. The van der Waals surface area contributed by atoms with Crippen molar-refractivity contribution in [3.8, 4) is 0 Å². The lowest BCUT2D eigenvalue weighted by atomic mass is 10.2. The van der Waals surface area contributed by atoms with Crippen LogP contribution >= 0.6 is 23.1 Å². The third-order valence-corrected chi connectivity index (χ3v) is 4.39. The van der Waals surface area contributed by atoms with Crippen LogP contribution < -0.4 is 5.32 Å². The van der Waals surface area contributed by atoms with Crippen LogP contribution in [0.2, 0.25) is 0 Å². The first-order valence-electron chi connectivity index (χ1n) is 6.18. The van der Waals surface area contributed by atoms with Gasteiger partial charge in [0.25, 0.3) is 11.7 Å². The largest absolute Gasteiger partial charge is 0.298 e. The molecule has 0 unspecified atom stereocenters. The second-order valence-electron chi connectivity index (χ2n) is 4.22. The van der Waals surface area contributed by atoms with Gasteiger partial charge in [0.2, 0.25) is 0 Å². The van der Waals surface area contributed by atoms with Gasteiger partial charge < -0.3 is 0 Å². The summed E-state index contributed by atoms with van der Waals surface area (Å²) in [6, 6.07) is 8.10. The van der Waals surface area contributed by atoms with Crippen molar-refractivity contribution >= 4 is 44.4 Å². The second-order valence-corrected chi connectivity index (χ2v) is 6.31. The highest BCUT2D eigenvalue weighted by atomic mass is 32.2. The van der Waals surface area contributed by atoms with E-state index in [9.17, 15) is 13.6 Å². The number of nitrogens with one attached hydrogen (secondary N) is 1. The molecule has 4 nitrogen and oxygen atoms in total. The summed E-state index contributed by atoms with van der Waals surface area (Å²) in [5, 5.41) is 3.12. The first-order valence-corrected chi connectivity index (χ1v) is 7.88. The van der Waals surface area contributed by atoms with Crippen LogP contribution in [0.4, 0.5) is 13.9 Å². The fourth-order valence-corrected chi connectivity index (χ4v) is 3.32. The molecule has 0 fully saturated rings. The number of aromatic nitrogens is 2. The Kier molecular flexibility index (Phi) is 4.30. The van der Waals surface area contributed by atoms with Crippen molar-refractivity contribution in [1.82, 2.24) is 9.97 Å². The van der Waals surface area contributed by atoms with E-state index in [1.54, 1.807) is 30.3 Å². The van der Waals surface area contributed by atoms with Crippen LogP contribution in [0.1, 0.15) is 10.4 Å². The minimum absolute atomic E-state index is 0.288. The Morgan fingerprint density at radius 3 is 2.73 bits per heavy atom. The summed E-state index contributed by atoms with van der Waals surface area (Å²) in [6.45, 7) is 0. The van der Waals surface area contributed by atoms with Crippen molar-refractivity contribution < 1.29 is 13.6 Å². The lowest BCUT2D eigenvalue weighted by Crippen LogP contribution is -2.11. The fraction of sp³-hybridized carbons (Fsp3) is 0.0714. The average molecular weight is 337 g/mol. The molecular formula is C14H9F2N3OS2. The van der Waals surface area contributed by atoms with E-state index in [4.69, 9.17) is 0 Å². The van der Waals surface area contributed by atoms with Gasteiger partial charge >= 0.3 is 0 Å². The molecule has 1 N–H and O–H groups in total. The molecule has 8 heteroatoms. The Morgan fingerprint density at radius 2 is 2.00 bits per heavy atom. The van der Waals surface area contributed by atoms with Crippen molar-refractivity contribution in [2.75, 3.05) is 5.32 Å². The van der Waals surface area contributed by atoms with Gasteiger partial charge in [-0.25, -0.2) is 4.98 Å². The van der Waals surface area contributed by atoms with Crippen LogP contribution in [-0.2, 0) is 0 Å². The van der Waals surface area contributed by atoms with E-state index in [-0.39, 0.29) is 5.91 Å². The molecule has 0 aliphatic carbocycles. The molecule has 2 aromatic heterocycles. The molecule has 0 saturated heterocycles. The van der Waals surface area contributed by atoms with E-state index in [2.05, 4.69) is 15.3 Å². The van der Waals surface area contributed by atoms with Crippen LogP contribution in [0.5, 0.6) is 0 Å². The number of hydrogen-bond acceptors (Lipinski definition) is 5. The number of pyridine rings is 1. The highest BCUT2D eigenvalue weighted by Gasteiger charge is 2.11. The zero-order valence-electron chi connectivity index (χ0n) is 11.0. The summed E-state index contributed by atoms with van der Waals surface area (Å²) in [5.41, 5.74) is 1.14. The monoisotopic (exact) mass is 337 g/mol. The molecule has 0 radical (unpaired) electrons. The Labute approximate surface area is 132 Å². The normalized spacial score (nSPS) is 11.0. The second kappa shape index (κ2) is 6.37. The molecule has 0 aliphatic rings.